The summed E-state index contributed by atoms with van der Waals surface area (Å²) in [5.74, 6) is 0.222. The van der Waals surface area contributed by atoms with E-state index in [9.17, 15) is 9.59 Å². The molecule has 2 aromatic heterocycles. The van der Waals surface area contributed by atoms with Gasteiger partial charge in [-0.05, 0) is 44.0 Å². The maximum atomic E-state index is 12.7. The van der Waals surface area contributed by atoms with Gasteiger partial charge in [0.2, 0.25) is 5.91 Å². The summed E-state index contributed by atoms with van der Waals surface area (Å²) in [6.07, 6.45) is 4.33. The molecule has 31 heavy (non-hydrogen) atoms. The number of anilines is 2. The number of carbonyl (C=O) groups excluding carboxylic acids is 2. The van der Waals surface area contributed by atoms with Crippen LogP contribution in [0.2, 0.25) is 5.02 Å². The second kappa shape index (κ2) is 9.18. The van der Waals surface area contributed by atoms with E-state index in [1.54, 1.807) is 27.9 Å². The largest absolute Gasteiger partial charge is 0.324 e. The monoisotopic (exact) mass is 438 g/mol. The molecule has 0 bridgehead atoms. The molecule has 4 rings (SSSR count). The van der Waals surface area contributed by atoms with E-state index in [-0.39, 0.29) is 17.9 Å². The highest BCUT2D eigenvalue weighted by atomic mass is 35.5. The molecular formula is C22H23ClN6O2. The Morgan fingerprint density at radius 3 is 2.45 bits per heavy atom. The van der Waals surface area contributed by atoms with Crippen LogP contribution in [0.25, 0.3) is 5.69 Å². The average molecular weight is 439 g/mol. The van der Waals surface area contributed by atoms with Gasteiger partial charge in [-0.2, -0.15) is 5.10 Å². The number of carbonyl (C=O) groups is 2. The Morgan fingerprint density at radius 2 is 1.77 bits per heavy atom. The minimum atomic E-state index is -0.186. The second-order valence-electron chi connectivity index (χ2n) is 7.43. The SMILES string of the molecule is Cc1c(NC(=O)N2CCC(C(=O)Nc3ccc(Cl)cn3)CC2)cnn1-c1ccccc1. The van der Waals surface area contributed by atoms with Crippen LogP contribution in [-0.4, -0.2) is 44.7 Å². The number of hydrogen-bond acceptors (Lipinski definition) is 4. The van der Waals surface area contributed by atoms with E-state index in [4.69, 9.17) is 11.6 Å². The van der Waals surface area contributed by atoms with Crippen LogP contribution in [0.4, 0.5) is 16.3 Å². The summed E-state index contributed by atoms with van der Waals surface area (Å²) < 4.78 is 1.79. The van der Waals surface area contributed by atoms with Crippen molar-refractivity contribution in [3.05, 3.63) is 65.6 Å². The highest BCUT2D eigenvalue weighted by Crippen LogP contribution is 2.22. The molecule has 1 aromatic carbocycles. The van der Waals surface area contributed by atoms with E-state index < -0.39 is 0 Å². The molecule has 0 atom stereocenters. The van der Waals surface area contributed by atoms with E-state index in [0.29, 0.717) is 42.5 Å². The molecular weight excluding hydrogens is 416 g/mol. The van der Waals surface area contributed by atoms with Crippen molar-refractivity contribution < 1.29 is 9.59 Å². The fraction of sp³-hybridized carbons (Fsp3) is 0.273. The van der Waals surface area contributed by atoms with Gasteiger partial charge >= 0.3 is 6.03 Å². The Morgan fingerprint density at radius 1 is 1.03 bits per heavy atom. The topological polar surface area (TPSA) is 92.2 Å². The Balaban J connectivity index is 1.31. The van der Waals surface area contributed by atoms with Gasteiger partial charge in [0.1, 0.15) is 5.82 Å². The van der Waals surface area contributed by atoms with E-state index >= 15 is 0 Å². The quantitative estimate of drug-likeness (QED) is 0.641. The van der Waals surface area contributed by atoms with Crippen LogP contribution in [-0.2, 0) is 4.79 Å². The molecule has 1 aliphatic heterocycles. The molecule has 1 fully saturated rings. The summed E-state index contributed by atoms with van der Waals surface area (Å²) in [6.45, 7) is 2.92. The maximum absolute atomic E-state index is 12.7. The van der Waals surface area contributed by atoms with Crippen LogP contribution < -0.4 is 10.6 Å². The third-order valence-electron chi connectivity index (χ3n) is 5.38. The predicted molar refractivity (Wildman–Crippen MR) is 119 cm³/mol. The molecule has 0 unspecified atom stereocenters. The van der Waals surface area contributed by atoms with Gasteiger partial charge in [-0.25, -0.2) is 14.5 Å². The number of pyridine rings is 1. The minimum absolute atomic E-state index is 0.0881. The van der Waals surface area contributed by atoms with Crippen molar-refractivity contribution >= 4 is 35.0 Å². The van der Waals surface area contributed by atoms with Gasteiger partial charge in [0.15, 0.2) is 0 Å². The van der Waals surface area contributed by atoms with Crippen LogP contribution in [0, 0.1) is 12.8 Å². The molecule has 3 amide bonds. The number of nitrogens with zero attached hydrogens (tertiary/aromatic N) is 4. The third-order valence-corrected chi connectivity index (χ3v) is 5.61. The van der Waals surface area contributed by atoms with Gasteiger partial charge in [0.25, 0.3) is 0 Å². The molecule has 0 aliphatic carbocycles. The van der Waals surface area contributed by atoms with Crippen LogP contribution in [0.3, 0.4) is 0 Å². The number of hydrogen-bond donors (Lipinski definition) is 2. The van der Waals surface area contributed by atoms with Crippen molar-refractivity contribution in [2.75, 3.05) is 23.7 Å². The summed E-state index contributed by atoms with van der Waals surface area (Å²) in [7, 11) is 0. The van der Waals surface area contributed by atoms with Gasteiger partial charge in [0.05, 0.1) is 28.3 Å². The molecule has 0 saturated carbocycles. The van der Waals surface area contributed by atoms with E-state index in [2.05, 4.69) is 20.7 Å². The first-order valence-electron chi connectivity index (χ1n) is 10.1. The molecule has 3 aromatic rings. The number of para-hydroxylation sites is 1. The summed E-state index contributed by atoms with van der Waals surface area (Å²) in [5.41, 5.74) is 2.45. The molecule has 3 heterocycles. The zero-order valence-electron chi connectivity index (χ0n) is 17.1. The van der Waals surface area contributed by atoms with Crippen LogP contribution in [0.5, 0.6) is 0 Å². The number of piperidine rings is 1. The Kier molecular flexibility index (Phi) is 6.18. The van der Waals surface area contributed by atoms with Gasteiger partial charge < -0.3 is 15.5 Å². The molecule has 160 valence electrons. The van der Waals surface area contributed by atoms with E-state index in [1.807, 2.05) is 37.3 Å². The smallest absolute Gasteiger partial charge is 0.321 e. The number of aromatic nitrogens is 3. The number of urea groups is 1. The van der Waals surface area contributed by atoms with E-state index in [0.717, 1.165) is 11.4 Å². The van der Waals surface area contributed by atoms with Crippen molar-refractivity contribution in [2.45, 2.75) is 19.8 Å². The van der Waals surface area contributed by atoms with Gasteiger partial charge in [-0.3, -0.25) is 4.79 Å². The van der Waals surface area contributed by atoms with Crippen LogP contribution in [0.1, 0.15) is 18.5 Å². The van der Waals surface area contributed by atoms with Crippen molar-refractivity contribution in [3.63, 3.8) is 0 Å². The maximum Gasteiger partial charge on any atom is 0.321 e. The lowest BCUT2D eigenvalue weighted by Crippen LogP contribution is -2.43. The minimum Gasteiger partial charge on any atom is -0.324 e. The lowest BCUT2D eigenvalue weighted by Gasteiger charge is -2.31. The fourth-order valence-electron chi connectivity index (χ4n) is 3.58. The second-order valence-corrected chi connectivity index (χ2v) is 7.87. The summed E-state index contributed by atoms with van der Waals surface area (Å²) in [5, 5.41) is 10.6. The number of rotatable bonds is 4. The third kappa shape index (κ3) is 4.86. The number of nitrogens with one attached hydrogen (secondary N) is 2. The van der Waals surface area contributed by atoms with Crippen molar-refractivity contribution in [1.82, 2.24) is 19.7 Å². The molecule has 0 radical (unpaired) electrons. The molecule has 9 heteroatoms. The number of likely N-dealkylation sites (tertiary alicyclic amines) is 1. The summed E-state index contributed by atoms with van der Waals surface area (Å²) in [6, 6.07) is 12.9. The summed E-state index contributed by atoms with van der Waals surface area (Å²) in [4.78, 5) is 31.0. The zero-order valence-corrected chi connectivity index (χ0v) is 17.8. The summed E-state index contributed by atoms with van der Waals surface area (Å²) >= 11 is 5.82. The Hall–Kier alpha value is -3.39. The fourth-order valence-corrected chi connectivity index (χ4v) is 3.69. The normalized spacial score (nSPS) is 14.3. The first-order chi connectivity index (χ1) is 15.0. The number of benzene rings is 1. The zero-order chi connectivity index (χ0) is 21.8. The first-order valence-corrected chi connectivity index (χ1v) is 10.5. The van der Waals surface area contributed by atoms with Gasteiger partial charge in [-0.1, -0.05) is 29.8 Å². The van der Waals surface area contributed by atoms with Crippen molar-refractivity contribution in [1.29, 1.82) is 0 Å². The number of halogens is 1. The van der Waals surface area contributed by atoms with Crippen molar-refractivity contribution in [2.24, 2.45) is 5.92 Å². The molecule has 1 aliphatic rings. The Labute approximate surface area is 185 Å². The first kappa shape index (κ1) is 20.9. The lowest BCUT2D eigenvalue weighted by molar-refractivity contribution is -0.121. The highest BCUT2D eigenvalue weighted by Gasteiger charge is 2.28. The van der Waals surface area contributed by atoms with Crippen LogP contribution >= 0.6 is 11.6 Å². The van der Waals surface area contributed by atoms with Gasteiger partial charge in [0, 0.05) is 25.2 Å². The molecule has 0 spiro atoms. The number of amides is 3. The van der Waals surface area contributed by atoms with E-state index in [1.165, 1.54) is 6.20 Å². The predicted octanol–water partition coefficient (Wildman–Crippen LogP) is 4.11. The van der Waals surface area contributed by atoms with Crippen LogP contribution in [0.15, 0.2) is 54.9 Å². The molecule has 1 saturated heterocycles. The molecule has 8 nitrogen and oxygen atoms in total. The van der Waals surface area contributed by atoms with Crippen molar-refractivity contribution in [3.8, 4) is 5.69 Å². The van der Waals surface area contributed by atoms with Gasteiger partial charge in [-0.15, -0.1) is 0 Å². The molecule has 2 N–H and O–H groups in total. The lowest BCUT2D eigenvalue weighted by atomic mass is 9.96. The Bertz CT molecular complexity index is 1060. The highest BCUT2D eigenvalue weighted by molar-refractivity contribution is 6.30. The average Bonchev–Trinajstić information content (AvgIpc) is 3.16. The standard InChI is InChI=1S/C22H23ClN6O2/c1-15-19(14-25-29(15)18-5-3-2-4-6-18)26-22(31)28-11-9-16(10-12-28)21(30)27-20-8-7-17(23)13-24-20/h2-8,13-14,16H,9-12H2,1H3,(H,26,31)(H,24,27,30).